The Morgan fingerprint density at radius 2 is 1.70 bits per heavy atom. The Hall–Kier alpha value is -3.55. The van der Waals surface area contributed by atoms with E-state index in [9.17, 15) is 14.9 Å². The third kappa shape index (κ3) is 4.51. The number of anilines is 1. The van der Waals surface area contributed by atoms with Gasteiger partial charge >= 0.3 is 5.69 Å². The molecule has 172 valence electrons. The van der Waals surface area contributed by atoms with Gasteiger partial charge in [0.15, 0.2) is 5.76 Å². The first kappa shape index (κ1) is 22.6. The molecule has 0 spiro atoms. The minimum Gasteiger partial charge on any atom is -0.456 e. The van der Waals surface area contributed by atoms with E-state index in [1.807, 2.05) is 0 Å². The maximum Gasteiger partial charge on any atom is 0.305 e. The number of benzene rings is 1. The molecule has 1 aliphatic rings. The number of furan rings is 1. The zero-order chi connectivity index (χ0) is 24.0. The van der Waals surface area contributed by atoms with E-state index in [0.29, 0.717) is 12.2 Å². The highest BCUT2D eigenvalue weighted by molar-refractivity contribution is 6.01. The summed E-state index contributed by atoms with van der Waals surface area (Å²) in [5.74, 6) is 0.267. The third-order valence-corrected chi connectivity index (χ3v) is 6.63. The van der Waals surface area contributed by atoms with Gasteiger partial charge in [0.05, 0.1) is 4.92 Å². The molecule has 1 aromatic carbocycles. The molecule has 0 saturated heterocycles. The third-order valence-electron chi connectivity index (χ3n) is 6.63. The van der Waals surface area contributed by atoms with Crippen LogP contribution < -0.4 is 5.32 Å². The van der Waals surface area contributed by atoms with Crippen LogP contribution in [0.1, 0.15) is 79.1 Å². The molecule has 0 unspecified atom stereocenters. The predicted molar refractivity (Wildman–Crippen MR) is 125 cm³/mol. The minimum atomic E-state index is -0.602. The smallest absolute Gasteiger partial charge is 0.305 e. The standard InChI is InChI=1S/C25H28N4O4/c1-15-10-19-20(25(4,5)9-8-24(19,2)3)12-16(15)11-18-6-7-21(33-18)22(30)28-23-26-13-17(14-27-23)29(31)32/h6-7,10,12-14H,8-9,11H2,1-5H3,(H,26,27,28,30). The van der Waals surface area contributed by atoms with Gasteiger partial charge < -0.3 is 4.42 Å². The van der Waals surface area contributed by atoms with Gasteiger partial charge in [-0.05, 0) is 65.0 Å². The number of nitrogens with one attached hydrogen (secondary N) is 1. The Bertz CT molecular complexity index is 1230. The molecule has 4 rings (SSSR count). The molecular formula is C25H28N4O4. The fourth-order valence-electron chi connectivity index (χ4n) is 4.38. The average Bonchev–Trinajstić information content (AvgIpc) is 3.22. The van der Waals surface area contributed by atoms with Gasteiger partial charge in [-0.3, -0.25) is 20.2 Å². The van der Waals surface area contributed by atoms with Crippen molar-refractivity contribution in [2.24, 2.45) is 0 Å². The van der Waals surface area contributed by atoms with Crippen molar-refractivity contribution in [1.82, 2.24) is 9.97 Å². The molecule has 8 heteroatoms. The van der Waals surface area contributed by atoms with Crippen LogP contribution in [0.5, 0.6) is 0 Å². The highest BCUT2D eigenvalue weighted by Crippen LogP contribution is 2.46. The van der Waals surface area contributed by atoms with Crippen LogP contribution in [0.2, 0.25) is 0 Å². The lowest BCUT2D eigenvalue weighted by atomic mass is 9.62. The maximum absolute atomic E-state index is 12.5. The Balaban J connectivity index is 1.53. The molecule has 0 atom stereocenters. The van der Waals surface area contributed by atoms with Crippen LogP contribution in [0, 0.1) is 17.0 Å². The number of fused-ring (bicyclic) bond motifs is 1. The summed E-state index contributed by atoms with van der Waals surface area (Å²) in [6.07, 6.45) is 4.97. The highest BCUT2D eigenvalue weighted by Gasteiger charge is 2.37. The molecule has 2 aromatic heterocycles. The Labute approximate surface area is 192 Å². The van der Waals surface area contributed by atoms with Gasteiger partial charge in [-0.2, -0.15) is 0 Å². The number of amides is 1. The lowest BCUT2D eigenvalue weighted by Gasteiger charge is -2.42. The van der Waals surface area contributed by atoms with Crippen LogP contribution in [-0.4, -0.2) is 20.8 Å². The van der Waals surface area contributed by atoms with Crippen LogP contribution in [-0.2, 0) is 17.3 Å². The van der Waals surface area contributed by atoms with Gasteiger partial charge in [-0.1, -0.05) is 39.8 Å². The van der Waals surface area contributed by atoms with E-state index >= 15 is 0 Å². The molecule has 1 aliphatic carbocycles. The summed E-state index contributed by atoms with van der Waals surface area (Å²) in [6, 6.07) is 8.02. The molecular weight excluding hydrogens is 420 g/mol. The fraction of sp³-hybridized carbons (Fsp3) is 0.400. The van der Waals surface area contributed by atoms with E-state index in [-0.39, 0.29) is 28.2 Å². The lowest BCUT2D eigenvalue weighted by Crippen LogP contribution is -2.34. The Morgan fingerprint density at radius 1 is 1.09 bits per heavy atom. The van der Waals surface area contributed by atoms with E-state index in [1.54, 1.807) is 12.1 Å². The number of carbonyl (C=O) groups excluding carboxylic acids is 1. The summed E-state index contributed by atoms with van der Waals surface area (Å²) in [6.45, 7) is 11.3. The van der Waals surface area contributed by atoms with E-state index < -0.39 is 10.8 Å². The molecule has 0 bridgehead atoms. The number of aromatic nitrogens is 2. The molecule has 0 aliphatic heterocycles. The van der Waals surface area contributed by atoms with Crippen molar-refractivity contribution >= 4 is 17.5 Å². The van der Waals surface area contributed by atoms with E-state index in [0.717, 1.165) is 18.8 Å². The van der Waals surface area contributed by atoms with Gasteiger partial charge in [0.2, 0.25) is 5.95 Å². The number of aryl methyl sites for hydroxylation is 1. The van der Waals surface area contributed by atoms with Gasteiger partial charge in [0.25, 0.3) is 5.91 Å². The average molecular weight is 449 g/mol. The summed E-state index contributed by atoms with van der Waals surface area (Å²) in [5, 5.41) is 13.2. The first-order valence-corrected chi connectivity index (χ1v) is 11.0. The molecule has 2 heterocycles. The zero-order valence-electron chi connectivity index (χ0n) is 19.6. The number of rotatable bonds is 5. The van der Waals surface area contributed by atoms with Crippen LogP contribution in [0.25, 0.3) is 0 Å². The number of hydrogen-bond donors (Lipinski definition) is 1. The molecule has 1 amide bonds. The van der Waals surface area contributed by atoms with Crippen molar-refractivity contribution in [3.63, 3.8) is 0 Å². The Kier molecular flexibility index (Phi) is 5.56. The molecule has 0 saturated carbocycles. The van der Waals surface area contributed by atoms with Crippen molar-refractivity contribution in [3.8, 4) is 0 Å². The van der Waals surface area contributed by atoms with Gasteiger partial charge in [0, 0.05) is 6.42 Å². The van der Waals surface area contributed by atoms with Gasteiger partial charge in [0.1, 0.15) is 18.2 Å². The molecule has 8 nitrogen and oxygen atoms in total. The molecule has 0 fully saturated rings. The highest BCUT2D eigenvalue weighted by atomic mass is 16.6. The van der Waals surface area contributed by atoms with Crippen LogP contribution in [0.3, 0.4) is 0 Å². The van der Waals surface area contributed by atoms with Crippen molar-refractivity contribution in [2.45, 2.75) is 64.7 Å². The normalized spacial score (nSPS) is 16.2. The number of nitro groups is 1. The van der Waals surface area contributed by atoms with Crippen molar-refractivity contribution in [1.29, 1.82) is 0 Å². The maximum atomic E-state index is 12.5. The lowest BCUT2D eigenvalue weighted by molar-refractivity contribution is -0.385. The molecule has 1 N–H and O–H groups in total. The van der Waals surface area contributed by atoms with Gasteiger partial charge in [-0.15, -0.1) is 0 Å². The van der Waals surface area contributed by atoms with Crippen molar-refractivity contribution in [2.75, 3.05) is 5.32 Å². The molecule has 3 aromatic rings. The van der Waals surface area contributed by atoms with E-state index in [1.165, 1.54) is 28.7 Å². The zero-order valence-corrected chi connectivity index (χ0v) is 19.6. The predicted octanol–water partition coefficient (Wildman–Crippen LogP) is 5.48. The summed E-state index contributed by atoms with van der Waals surface area (Å²) in [7, 11) is 0. The largest absolute Gasteiger partial charge is 0.456 e. The first-order chi connectivity index (χ1) is 15.5. The van der Waals surface area contributed by atoms with Crippen molar-refractivity contribution < 1.29 is 14.1 Å². The number of hydrogen-bond acceptors (Lipinski definition) is 6. The van der Waals surface area contributed by atoms with Crippen LogP contribution in [0.4, 0.5) is 11.6 Å². The Morgan fingerprint density at radius 3 is 2.30 bits per heavy atom. The number of carbonyl (C=O) groups is 1. The van der Waals surface area contributed by atoms with Crippen molar-refractivity contribution in [3.05, 3.63) is 80.5 Å². The summed E-state index contributed by atoms with van der Waals surface area (Å²) < 4.78 is 5.80. The van der Waals surface area contributed by atoms with Crippen LogP contribution >= 0.6 is 0 Å². The number of nitrogens with zero attached hydrogens (tertiary/aromatic N) is 3. The summed E-state index contributed by atoms with van der Waals surface area (Å²) in [4.78, 5) is 30.2. The second kappa shape index (κ2) is 8.10. The second-order valence-electron chi connectivity index (χ2n) is 10.0. The fourth-order valence-corrected chi connectivity index (χ4v) is 4.38. The summed E-state index contributed by atoms with van der Waals surface area (Å²) >= 11 is 0. The van der Waals surface area contributed by atoms with Crippen LogP contribution in [0.15, 0.2) is 41.1 Å². The minimum absolute atomic E-state index is 0.0288. The molecule has 33 heavy (non-hydrogen) atoms. The SMILES string of the molecule is Cc1cc2c(cc1Cc1ccc(C(=O)Nc3ncc([N+](=O)[O-])cn3)o1)C(C)(C)CCC2(C)C. The van der Waals surface area contributed by atoms with E-state index in [4.69, 9.17) is 4.42 Å². The topological polar surface area (TPSA) is 111 Å². The second-order valence-corrected chi connectivity index (χ2v) is 10.0. The first-order valence-electron chi connectivity index (χ1n) is 11.0. The monoisotopic (exact) mass is 448 g/mol. The quantitative estimate of drug-likeness (QED) is 0.409. The van der Waals surface area contributed by atoms with Gasteiger partial charge in [-0.25, -0.2) is 9.97 Å². The summed E-state index contributed by atoms with van der Waals surface area (Å²) in [5.41, 5.74) is 5.22. The molecule has 0 radical (unpaired) electrons. The van der Waals surface area contributed by atoms with E-state index in [2.05, 4.69) is 62.0 Å².